The van der Waals surface area contributed by atoms with Gasteiger partial charge < -0.3 is 43.4 Å². The number of morpholine rings is 2. The summed E-state index contributed by atoms with van der Waals surface area (Å²) in [7, 11) is 0. The third-order valence-electron chi connectivity index (χ3n) is 3.84. The number of hydrogen-bond acceptors (Lipinski definition) is 5. The van der Waals surface area contributed by atoms with E-state index in [-0.39, 0.29) is 51.0 Å². The summed E-state index contributed by atoms with van der Waals surface area (Å²) in [6, 6.07) is 6.37. The fraction of sp³-hybridized carbons (Fsp3) is 0.667. The zero-order valence-electron chi connectivity index (χ0n) is 13.1. The summed E-state index contributed by atoms with van der Waals surface area (Å²) in [5, 5.41) is 0. The van der Waals surface area contributed by atoms with Crippen molar-refractivity contribution in [2.75, 3.05) is 52.6 Å². The second-order valence-electron chi connectivity index (χ2n) is 5.40. The van der Waals surface area contributed by atoms with Gasteiger partial charge in [0.25, 0.3) is 0 Å². The SMILES string of the molecule is [Br-].[Br-].[Mn+2].c1cc(CN2CCOCC2)nc(CN2CCOCC2)c1. The molecule has 1 aromatic rings. The first-order valence-electron chi connectivity index (χ1n) is 7.45. The third kappa shape index (κ3) is 7.92. The molecule has 5 nitrogen and oxygen atoms in total. The van der Waals surface area contributed by atoms with Crippen molar-refractivity contribution in [1.29, 1.82) is 0 Å². The molecule has 0 aliphatic carbocycles. The van der Waals surface area contributed by atoms with Gasteiger partial charge in [-0.05, 0) is 12.1 Å². The Morgan fingerprint density at radius 3 is 1.57 bits per heavy atom. The van der Waals surface area contributed by atoms with Gasteiger partial charge in [-0.15, -0.1) is 0 Å². The van der Waals surface area contributed by atoms with Crippen molar-refractivity contribution >= 4 is 0 Å². The molecule has 0 aromatic carbocycles. The molecule has 0 atom stereocenters. The van der Waals surface area contributed by atoms with Gasteiger partial charge in [-0.25, -0.2) is 0 Å². The predicted molar refractivity (Wildman–Crippen MR) is 76.4 cm³/mol. The molecule has 8 heteroatoms. The first-order valence-corrected chi connectivity index (χ1v) is 7.45. The number of hydrogen-bond donors (Lipinski definition) is 0. The Hall–Kier alpha value is 0.469. The van der Waals surface area contributed by atoms with Crippen molar-refractivity contribution in [3.63, 3.8) is 0 Å². The number of pyridine rings is 1. The van der Waals surface area contributed by atoms with Crippen LogP contribution in [0.25, 0.3) is 0 Å². The van der Waals surface area contributed by atoms with Crippen molar-refractivity contribution in [2.24, 2.45) is 0 Å². The summed E-state index contributed by atoms with van der Waals surface area (Å²) in [4.78, 5) is 9.61. The third-order valence-corrected chi connectivity index (χ3v) is 3.84. The van der Waals surface area contributed by atoms with Crippen LogP contribution in [0.15, 0.2) is 18.2 Å². The van der Waals surface area contributed by atoms with Gasteiger partial charge in [0.05, 0.1) is 37.8 Å². The number of rotatable bonds is 4. The van der Waals surface area contributed by atoms with Crippen LogP contribution in [-0.2, 0) is 39.6 Å². The summed E-state index contributed by atoms with van der Waals surface area (Å²) in [6.45, 7) is 9.26. The standard InChI is InChI=1S/C15H23N3O2.2BrH.Mn/c1-2-14(12-17-4-8-19-9-5-17)16-15(3-1)13-18-6-10-20-11-7-18;;;/h1-3H,4-13H2;2*1H;/q;;;+2/p-2. The molecule has 0 unspecified atom stereocenters. The summed E-state index contributed by atoms with van der Waals surface area (Å²) >= 11 is 0. The van der Waals surface area contributed by atoms with Crippen LogP contribution in [0.1, 0.15) is 11.4 Å². The first kappa shape index (κ1) is 23.5. The quantitative estimate of drug-likeness (QED) is 0.394. The van der Waals surface area contributed by atoms with Crippen molar-refractivity contribution in [1.82, 2.24) is 14.8 Å². The Morgan fingerprint density at radius 2 is 1.17 bits per heavy atom. The van der Waals surface area contributed by atoms with E-state index < -0.39 is 0 Å². The smallest absolute Gasteiger partial charge is 1.00 e. The van der Waals surface area contributed by atoms with E-state index in [9.17, 15) is 0 Å². The van der Waals surface area contributed by atoms with Crippen molar-refractivity contribution in [3.8, 4) is 0 Å². The molecule has 2 fully saturated rings. The van der Waals surface area contributed by atoms with E-state index in [1.54, 1.807) is 0 Å². The largest absolute Gasteiger partial charge is 2.00 e. The minimum absolute atomic E-state index is 0. The maximum Gasteiger partial charge on any atom is 2.00 e. The molecule has 1 aromatic heterocycles. The van der Waals surface area contributed by atoms with Crippen LogP contribution in [0.2, 0.25) is 0 Å². The second-order valence-corrected chi connectivity index (χ2v) is 5.40. The minimum Gasteiger partial charge on any atom is -1.00 e. The molecule has 2 aliphatic heterocycles. The summed E-state index contributed by atoms with van der Waals surface area (Å²) in [5.41, 5.74) is 2.33. The van der Waals surface area contributed by atoms with E-state index in [4.69, 9.17) is 14.5 Å². The second kappa shape index (κ2) is 12.8. The molecule has 0 saturated carbocycles. The van der Waals surface area contributed by atoms with Gasteiger partial charge in [-0.3, -0.25) is 14.8 Å². The molecule has 23 heavy (non-hydrogen) atoms. The van der Waals surface area contributed by atoms with Crippen LogP contribution in [0.3, 0.4) is 0 Å². The summed E-state index contributed by atoms with van der Waals surface area (Å²) in [5.74, 6) is 0. The van der Waals surface area contributed by atoms with Crippen LogP contribution in [0, 0.1) is 0 Å². The molecular formula is C15H23Br2MnN3O2. The maximum absolute atomic E-state index is 5.38. The van der Waals surface area contributed by atoms with E-state index >= 15 is 0 Å². The molecule has 131 valence electrons. The fourth-order valence-corrected chi connectivity index (χ4v) is 2.68. The molecular weight excluding hydrogens is 469 g/mol. The molecule has 0 amide bonds. The predicted octanol–water partition coefficient (Wildman–Crippen LogP) is -5.25. The van der Waals surface area contributed by atoms with Gasteiger partial charge in [0, 0.05) is 39.3 Å². The molecule has 3 rings (SSSR count). The van der Waals surface area contributed by atoms with Gasteiger partial charge >= 0.3 is 17.1 Å². The van der Waals surface area contributed by atoms with Crippen LogP contribution < -0.4 is 34.0 Å². The monoisotopic (exact) mass is 490 g/mol. The van der Waals surface area contributed by atoms with E-state index in [1.165, 1.54) is 0 Å². The van der Waals surface area contributed by atoms with Crippen LogP contribution in [0.4, 0.5) is 0 Å². The number of ether oxygens (including phenoxy) is 2. The van der Waals surface area contributed by atoms with Gasteiger partial charge in [0.2, 0.25) is 0 Å². The molecule has 2 aliphatic rings. The summed E-state index contributed by atoms with van der Waals surface area (Å²) in [6.07, 6.45) is 0. The van der Waals surface area contributed by atoms with Gasteiger partial charge in [0.1, 0.15) is 0 Å². The number of halogens is 2. The van der Waals surface area contributed by atoms with E-state index in [0.717, 1.165) is 77.1 Å². The summed E-state index contributed by atoms with van der Waals surface area (Å²) < 4.78 is 10.8. The Balaban J connectivity index is 0.00000161. The van der Waals surface area contributed by atoms with Gasteiger partial charge in [-0.1, -0.05) is 6.07 Å². The fourth-order valence-electron chi connectivity index (χ4n) is 2.68. The number of nitrogens with zero attached hydrogens (tertiary/aromatic N) is 3. The van der Waals surface area contributed by atoms with E-state index in [0.29, 0.717) is 0 Å². The average Bonchev–Trinajstić information content (AvgIpc) is 2.50. The molecule has 0 spiro atoms. The topological polar surface area (TPSA) is 37.8 Å². The normalized spacial score (nSPS) is 19.1. The zero-order chi connectivity index (χ0) is 13.6. The van der Waals surface area contributed by atoms with Crippen molar-refractivity contribution < 1.29 is 60.5 Å². The molecule has 0 bridgehead atoms. The Kier molecular flexibility index (Phi) is 13.0. The van der Waals surface area contributed by atoms with E-state index in [1.807, 2.05) is 0 Å². The molecule has 2 saturated heterocycles. The minimum atomic E-state index is 0. The Bertz CT molecular complexity index is 396. The van der Waals surface area contributed by atoms with Gasteiger partial charge in [-0.2, -0.15) is 0 Å². The maximum atomic E-state index is 5.38. The van der Waals surface area contributed by atoms with Gasteiger partial charge in [0.15, 0.2) is 0 Å². The number of aromatic nitrogens is 1. The van der Waals surface area contributed by atoms with Crippen LogP contribution in [-0.4, -0.2) is 67.4 Å². The van der Waals surface area contributed by atoms with Crippen molar-refractivity contribution in [3.05, 3.63) is 29.6 Å². The molecule has 0 N–H and O–H groups in total. The van der Waals surface area contributed by atoms with Crippen LogP contribution in [0.5, 0.6) is 0 Å². The van der Waals surface area contributed by atoms with Crippen molar-refractivity contribution in [2.45, 2.75) is 13.1 Å². The average molecular weight is 492 g/mol. The molecule has 3 heterocycles. The Morgan fingerprint density at radius 1 is 0.783 bits per heavy atom. The Labute approximate surface area is 170 Å². The first-order chi connectivity index (χ1) is 9.90. The zero-order valence-corrected chi connectivity index (χ0v) is 17.4. The molecule has 1 radical (unpaired) electrons. The van der Waals surface area contributed by atoms with E-state index in [2.05, 4.69) is 28.0 Å². The van der Waals surface area contributed by atoms with Crippen LogP contribution >= 0.6 is 0 Å².